The number of nitrogens with two attached hydrogens (primary N) is 1. The van der Waals surface area contributed by atoms with Crippen LogP contribution in [0.1, 0.15) is 24.0 Å². The van der Waals surface area contributed by atoms with E-state index in [0.29, 0.717) is 0 Å². The standard InChI is InChI=1S/C13H17NO/c1-10-9-15-13-6-5-11(8-12(10)13)4-2-3-7-14/h5-6,8-9H,2-4,7,14H2,1H3. The Bertz CT molecular complexity index is 445. The summed E-state index contributed by atoms with van der Waals surface area (Å²) >= 11 is 0. The van der Waals surface area contributed by atoms with Gasteiger partial charge in [0.05, 0.1) is 6.26 Å². The van der Waals surface area contributed by atoms with E-state index in [1.54, 1.807) is 0 Å². The maximum absolute atomic E-state index is 5.48. The molecule has 0 aliphatic carbocycles. The van der Waals surface area contributed by atoms with Crippen LogP contribution in [0.5, 0.6) is 0 Å². The molecule has 80 valence electrons. The second-order valence-corrected chi connectivity index (χ2v) is 4.00. The van der Waals surface area contributed by atoms with E-state index in [0.717, 1.165) is 25.0 Å². The summed E-state index contributed by atoms with van der Waals surface area (Å²) in [4.78, 5) is 0. The molecule has 2 N–H and O–H groups in total. The Kier molecular flexibility index (Phi) is 3.07. The minimum atomic E-state index is 0.785. The highest BCUT2D eigenvalue weighted by Crippen LogP contribution is 2.22. The molecule has 0 saturated carbocycles. The molecule has 2 nitrogen and oxygen atoms in total. The maximum Gasteiger partial charge on any atom is 0.134 e. The third-order valence-corrected chi connectivity index (χ3v) is 2.75. The van der Waals surface area contributed by atoms with Gasteiger partial charge in [-0.05, 0) is 56.0 Å². The molecule has 1 aromatic carbocycles. The molecule has 2 rings (SSSR count). The van der Waals surface area contributed by atoms with Crippen molar-refractivity contribution in [3.63, 3.8) is 0 Å². The van der Waals surface area contributed by atoms with Crippen LogP contribution >= 0.6 is 0 Å². The third-order valence-electron chi connectivity index (χ3n) is 2.75. The van der Waals surface area contributed by atoms with Crippen molar-refractivity contribution in [2.24, 2.45) is 5.73 Å². The summed E-state index contributed by atoms with van der Waals surface area (Å²) in [6.45, 7) is 2.86. The molecule has 0 aliphatic heterocycles. The van der Waals surface area contributed by atoms with E-state index in [9.17, 15) is 0 Å². The van der Waals surface area contributed by atoms with E-state index in [1.165, 1.54) is 22.9 Å². The maximum atomic E-state index is 5.48. The Morgan fingerprint density at radius 3 is 2.93 bits per heavy atom. The Morgan fingerprint density at radius 1 is 1.27 bits per heavy atom. The number of furan rings is 1. The molecule has 0 saturated heterocycles. The topological polar surface area (TPSA) is 39.2 Å². The summed E-state index contributed by atoms with van der Waals surface area (Å²) in [6, 6.07) is 6.42. The molecule has 0 unspecified atom stereocenters. The number of rotatable bonds is 4. The second kappa shape index (κ2) is 4.49. The van der Waals surface area contributed by atoms with Gasteiger partial charge in [-0.25, -0.2) is 0 Å². The van der Waals surface area contributed by atoms with Crippen molar-refractivity contribution >= 4 is 11.0 Å². The van der Waals surface area contributed by atoms with Gasteiger partial charge in [0.15, 0.2) is 0 Å². The van der Waals surface area contributed by atoms with Gasteiger partial charge in [0.2, 0.25) is 0 Å². The number of aryl methyl sites for hydroxylation is 2. The monoisotopic (exact) mass is 203 g/mol. The quantitative estimate of drug-likeness (QED) is 0.776. The number of unbranched alkanes of at least 4 members (excludes halogenated alkanes) is 1. The van der Waals surface area contributed by atoms with E-state index in [1.807, 2.05) is 6.26 Å². The van der Waals surface area contributed by atoms with Crippen molar-refractivity contribution < 1.29 is 4.42 Å². The fraction of sp³-hybridized carbons (Fsp3) is 0.385. The zero-order chi connectivity index (χ0) is 10.7. The molecule has 1 heterocycles. The summed E-state index contributed by atoms with van der Waals surface area (Å²) in [7, 11) is 0. The first-order chi connectivity index (χ1) is 7.31. The van der Waals surface area contributed by atoms with Gasteiger partial charge in [-0.2, -0.15) is 0 Å². The highest BCUT2D eigenvalue weighted by atomic mass is 16.3. The summed E-state index contributed by atoms with van der Waals surface area (Å²) in [6.07, 6.45) is 5.19. The Balaban J connectivity index is 2.18. The van der Waals surface area contributed by atoms with Crippen molar-refractivity contribution in [3.05, 3.63) is 35.6 Å². The number of benzene rings is 1. The molecule has 0 fully saturated rings. The minimum absolute atomic E-state index is 0.785. The molecular weight excluding hydrogens is 186 g/mol. The fourth-order valence-electron chi connectivity index (χ4n) is 1.83. The van der Waals surface area contributed by atoms with Crippen LogP contribution in [-0.2, 0) is 6.42 Å². The second-order valence-electron chi connectivity index (χ2n) is 4.00. The van der Waals surface area contributed by atoms with Gasteiger partial charge in [-0.3, -0.25) is 0 Å². The first kappa shape index (κ1) is 10.2. The number of hydrogen-bond acceptors (Lipinski definition) is 2. The third kappa shape index (κ3) is 2.21. The van der Waals surface area contributed by atoms with Gasteiger partial charge in [0.25, 0.3) is 0 Å². The lowest BCUT2D eigenvalue weighted by atomic mass is 10.1. The highest BCUT2D eigenvalue weighted by Gasteiger charge is 2.02. The first-order valence-electron chi connectivity index (χ1n) is 5.48. The van der Waals surface area contributed by atoms with Gasteiger partial charge in [0, 0.05) is 5.39 Å². The predicted molar refractivity (Wildman–Crippen MR) is 62.9 cm³/mol. The smallest absolute Gasteiger partial charge is 0.134 e. The fourth-order valence-corrected chi connectivity index (χ4v) is 1.83. The highest BCUT2D eigenvalue weighted by molar-refractivity contribution is 5.81. The molecule has 1 aromatic heterocycles. The van der Waals surface area contributed by atoms with Gasteiger partial charge in [-0.15, -0.1) is 0 Å². The lowest BCUT2D eigenvalue weighted by Gasteiger charge is -2.00. The van der Waals surface area contributed by atoms with Crippen LogP contribution in [0, 0.1) is 6.92 Å². The van der Waals surface area contributed by atoms with Crippen LogP contribution < -0.4 is 5.73 Å². The average Bonchev–Trinajstić information content (AvgIpc) is 2.61. The SMILES string of the molecule is Cc1coc2ccc(CCCCN)cc12. The lowest BCUT2D eigenvalue weighted by molar-refractivity contribution is 0.613. The van der Waals surface area contributed by atoms with Crippen molar-refractivity contribution in [1.82, 2.24) is 0 Å². The molecule has 0 amide bonds. The molecule has 0 bridgehead atoms. The normalized spacial score (nSPS) is 11.1. The Hall–Kier alpha value is -1.28. The molecule has 2 heteroatoms. The molecule has 0 spiro atoms. The van der Waals surface area contributed by atoms with E-state index >= 15 is 0 Å². The van der Waals surface area contributed by atoms with E-state index in [4.69, 9.17) is 10.2 Å². The van der Waals surface area contributed by atoms with E-state index in [2.05, 4.69) is 25.1 Å². The number of hydrogen-bond donors (Lipinski definition) is 1. The summed E-state index contributed by atoms with van der Waals surface area (Å²) in [5, 5.41) is 1.24. The van der Waals surface area contributed by atoms with Crippen LogP contribution in [0.3, 0.4) is 0 Å². The van der Waals surface area contributed by atoms with E-state index in [-0.39, 0.29) is 0 Å². The van der Waals surface area contributed by atoms with Crippen molar-refractivity contribution in [2.75, 3.05) is 6.54 Å². The summed E-state index contributed by atoms with van der Waals surface area (Å²) < 4.78 is 5.41. The van der Waals surface area contributed by atoms with Crippen LogP contribution in [0.15, 0.2) is 28.9 Å². The minimum Gasteiger partial charge on any atom is -0.464 e. The molecule has 0 aliphatic rings. The molecule has 2 aromatic rings. The van der Waals surface area contributed by atoms with Crippen molar-refractivity contribution in [3.8, 4) is 0 Å². The summed E-state index contributed by atoms with van der Waals surface area (Å²) in [5.41, 5.74) is 9.05. The predicted octanol–water partition coefficient (Wildman–Crippen LogP) is 3.02. The van der Waals surface area contributed by atoms with Crippen molar-refractivity contribution in [1.29, 1.82) is 0 Å². The van der Waals surface area contributed by atoms with Crippen LogP contribution in [0.4, 0.5) is 0 Å². The zero-order valence-electron chi connectivity index (χ0n) is 9.12. The van der Waals surface area contributed by atoms with Gasteiger partial charge < -0.3 is 10.2 Å². The van der Waals surface area contributed by atoms with Gasteiger partial charge in [0.1, 0.15) is 5.58 Å². The Morgan fingerprint density at radius 2 is 2.13 bits per heavy atom. The lowest BCUT2D eigenvalue weighted by Crippen LogP contribution is -1.98. The number of fused-ring (bicyclic) bond motifs is 1. The largest absolute Gasteiger partial charge is 0.464 e. The van der Waals surface area contributed by atoms with Crippen LogP contribution in [0.25, 0.3) is 11.0 Å². The van der Waals surface area contributed by atoms with Crippen LogP contribution in [-0.4, -0.2) is 6.54 Å². The zero-order valence-corrected chi connectivity index (χ0v) is 9.12. The average molecular weight is 203 g/mol. The molecule has 0 radical (unpaired) electrons. The Labute approximate surface area is 90.1 Å². The van der Waals surface area contributed by atoms with Crippen molar-refractivity contribution in [2.45, 2.75) is 26.2 Å². The molecule has 0 atom stereocenters. The van der Waals surface area contributed by atoms with Gasteiger partial charge in [-0.1, -0.05) is 6.07 Å². The van der Waals surface area contributed by atoms with E-state index < -0.39 is 0 Å². The molecular formula is C13H17NO. The van der Waals surface area contributed by atoms with Crippen LogP contribution in [0.2, 0.25) is 0 Å². The van der Waals surface area contributed by atoms with Gasteiger partial charge >= 0.3 is 0 Å². The molecule has 15 heavy (non-hydrogen) atoms. The summed E-state index contributed by atoms with van der Waals surface area (Å²) in [5.74, 6) is 0. The first-order valence-corrected chi connectivity index (χ1v) is 5.48.